The van der Waals surface area contributed by atoms with E-state index < -0.39 is 22.5 Å². The molecule has 0 aliphatic heterocycles. The first-order chi connectivity index (χ1) is 12.3. The second-order valence-electron chi connectivity index (χ2n) is 5.71. The largest absolute Gasteiger partial charge is 0.497 e. The van der Waals surface area contributed by atoms with E-state index in [1.54, 1.807) is 44.2 Å². The minimum Gasteiger partial charge on any atom is -0.497 e. The van der Waals surface area contributed by atoms with Crippen molar-refractivity contribution >= 4 is 21.6 Å². The van der Waals surface area contributed by atoms with Crippen LogP contribution in [0.4, 0.5) is 5.69 Å². The van der Waals surface area contributed by atoms with Gasteiger partial charge in [0.05, 0.1) is 31.3 Å². The summed E-state index contributed by atoms with van der Waals surface area (Å²) in [6.45, 7) is 3.11. The number of carbonyl (C=O) groups is 1. The Bertz CT molecular complexity index is 910. The lowest BCUT2D eigenvalue weighted by Gasteiger charge is -2.13. The van der Waals surface area contributed by atoms with Crippen LogP contribution in [0.15, 0.2) is 41.3 Å². The topological polar surface area (TPSA) is 93.7 Å². The van der Waals surface area contributed by atoms with Gasteiger partial charge in [0.2, 0.25) is 15.9 Å². The zero-order chi connectivity index (χ0) is 19.3. The summed E-state index contributed by atoms with van der Waals surface area (Å²) in [6, 6.07) is 10.0. The lowest BCUT2D eigenvalue weighted by molar-refractivity contribution is -0.115. The van der Waals surface area contributed by atoms with Crippen LogP contribution in [0.5, 0.6) is 11.5 Å². The van der Waals surface area contributed by atoms with Gasteiger partial charge in [0, 0.05) is 6.07 Å². The second kappa shape index (κ2) is 8.20. The van der Waals surface area contributed by atoms with Crippen LogP contribution in [0.2, 0.25) is 0 Å². The first kappa shape index (κ1) is 19.7. The quantitative estimate of drug-likeness (QED) is 0.771. The van der Waals surface area contributed by atoms with Gasteiger partial charge in [0.1, 0.15) is 11.5 Å². The van der Waals surface area contributed by atoms with E-state index in [1.807, 2.05) is 6.07 Å². The minimum absolute atomic E-state index is 0.160. The lowest BCUT2D eigenvalue weighted by Crippen LogP contribution is -2.33. The number of aryl methyl sites for hydroxylation is 2. The zero-order valence-corrected chi connectivity index (χ0v) is 15.9. The molecular formula is C18H22N2O5S. The Morgan fingerprint density at radius 3 is 2.42 bits per heavy atom. The average molecular weight is 378 g/mol. The number of methoxy groups -OCH3 is 2. The van der Waals surface area contributed by atoms with Gasteiger partial charge >= 0.3 is 0 Å². The molecule has 0 aromatic heterocycles. The van der Waals surface area contributed by atoms with Gasteiger partial charge in [0.25, 0.3) is 0 Å². The minimum atomic E-state index is -3.79. The van der Waals surface area contributed by atoms with E-state index in [0.29, 0.717) is 22.7 Å². The Balaban J connectivity index is 2.08. The Hall–Kier alpha value is -2.58. The van der Waals surface area contributed by atoms with Crippen LogP contribution in [-0.2, 0) is 14.8 Å². The van der Waals surface area contributed by atoms with Crippen LogP contribution < -0.4 is 19.5 Å². The van der Waals surface area contributed by atoms with Crippen molar-refractivity contribution in [3.8, 4) is 11.5 Å². The summed E-state index contributed by atoms with van der Waals surface area (Å²) in [5.74, 6) is 0.480. The van der Waals surface area contributed by atoms with E-state index in [-0.39, 0.29) is 4.90 Å². The Morgan fingerprint density at radius 1 is 1.04 bits per heavy atom. The van der Waals surface area contributed by atoms with E-state index in [9.17, 15) is 13.2 Å². The number of nitrogens with one attached hydrogen (secondary N) is 2. The number of ether oxygens (including phenoxy) is 2. The summed E-state index contributed by atoms with van der Waals surface area (Å²) in [6.07, 6.45) is 0. The molecule has 0 aliphatic carbocycles. The SMILES string of the molecule is COc1ccc(NC(=O)CNS(=O)(=O)c2cc(C)ccc2C)c(OC)c1. The summed E-state index contributed by atoms with van der Waals surface area (Å²) < 4.78 is 37.5. The summed E-state index contributed by atoms with van der Waals surface area (Å²) in [7, 11) is -0.800. The number of hydrogen-bond acceptors (Lipinski definition) is 5. The number of rotatable bonds is 7. The number of anilines is 1. The molecule has 2 N–H and O–H groups in total. The smallest absolute Gasteiger partial charge is 0.241 e. The first-order valence-electron chi connectivity index (χ1n) is 7.85. The van der Waals surface area contributed by atoms with Gasteiger partial charge < -0.3 is 14.8 Å². The number of carbonyl (C=O) groups excluding carboxylic acids is 1. The molecule has 0 spiro atoms. The molecule has 0 saturated heterocycles. The van der Waals surface area contributed by atoms with Crippen molar-refractivity contribution in [2.45, 2.75) is 18.7 Å². The van der Waals surface area contributed by atoms with Gasteiger partial charge in [-0.25, -0.2) is 13.1 Å². The Morgan fingerprint density at radius 2 is 1.77 bits per heavy atom. The van der Waals surface area contributed by atoms with Gasteiger partial charge in [-0.2, -0.15) is 0 Å². The van der Waals surface area contributed by atoms with E-state index >= 15 is 0 Å². The maximum atomic E-state index is 12.4. The van der Waals surface area contributed by atoms with Crippen molar-refractivity contribution in [2.24, 2.45) is 0 Å². The number of hydrogen-bond donors (Lipinski definition) is 2. The highest BCUT2D eigenvalue weighted by atomic mass is 32.2. The van der Waals surface area contributed by atoms with Crippen molar-refractivity contribution in [1.29, 1.82) is 0 Å². The van der Waals surface area contributed by atoms with Crippen LogP contribution in [-0.4, -0.2) is 35.1 Å². The van der Waals surface area contributed by atoms with E-state index in [4.69, 9.17) is 9.47 Å². The summed E-state index contributed by atoms with van der Waals surface area (Å²) >= 11 is 0. The van der Waals surface area contributed by atoms with Crippen LogP contribution in [0.25, 0.3) is 0 Å². The van der Waals surface area contributed by atoms with Crippen LogP contribution in [0, 0.1) is 13.8 Å². The standard InChI is InChI=1S/C18H22N2O5S/c1-12-5-6-13(2)17(9-12)26(22,23)19-11-18(21)20-15-8-7-14(24-3)10-16(15)25-4/h5-10,19H,11H2,1-4H3,(H,20,21). The maximum Gasteiger partial charge on any atom is 0.241 e. The van der Waals surface area contributed by atoms with Gasteiger partial charge in [-0.3, -0.25) is 4.79 Å². The monoisotopic (exact) mass is 378 g/mol. The molecule has 0 atom stereocenters. The Kier molecular flexibility index (Phi) is 6.23. The normalized spacial score (nSPS) is 11.1. The molecule has 2 aromatic carbocycles. The fourth-order valence-corrected chi connectivity index (χ4v) is 3.64. The van der Waals surface area contributed by atoms with Gasteiger partial charge in [-0.1, -0.05) is 12.1 Å². The first-order valence-corrected chi connectivity index (χ1v) is 9.34. The summed E-state index contributed by atoms with van der Waals surface area (Å²) in [5.41, 5.74) is 1.85. The molecule has 0 fully saturated rings. The van der Waals surface area contributed by atoms with Gasteiger partial charge in [-0.15, -0.1) is 0 Å². The molecule has 0 saturated carbocycles. The molecule has 2 rings (SSSR count). The molecule has 7 nitrogen and oxygen atoms in total. The van der Waals surface area contributed by atoms with E-state index in [1.165, 1.54) is 14.2 Å². The van der Waals surface area contributed by atoms with Crippen molar-refractivity contribution in [3.05, 3.63) is 47.5 Å². The van der Waals surface area contributed by atoms with Crippen LogP contribution in [0.1, 0.15) is 11.1 Å². The van der Waals surface area contributed by atoms with Crippen molar-refractivity contribution in [2.75, 3.05) is 26.1 Å². The molecule has 2 aromatic rings. The maximum absolute atomic E-state index is 12.4. The number of amides is 1. The fraction of sp³-hybridized carbons (Fsp3) is 0.278. The lowest BCUT2D eigenvalue weighted by atomic mass is 10.2. The molecule has 0 bridgehead atoms. The fourth-order valence-electron chi connectivity index (χ4n) is 2.33. The molecule has 0 radical (unpaired) electrons. The summed E-state index contributed by atoms with van der Waals surface area (Å²) in [5, 5.41) is 2.62. The highest BCUT2D eigenvalue weighted by molar-refractivity contribution is 7.89. The van der Waals surface area contributed by atoms with Crippen molar-refractivity contribution in [1.82, 2.24) is 4.72 Å². The van der Waals surface area contributed by atoms with E-state index in [0.717, 1.165) is 5.56 Å². The molecule has 8 heteroatoms. The van der Waals surface area contributed by atoms with Gasteiger partial charge in [-0.05, 0) is 43.2 Å². The Labute approximate surface area is 153 Å². The predicted octanol–water partition coefficient (Wildman–Crippen LogP) is 2.24. The molecule has 0 aliphatic rings. The second-order valence-corrected chi connectivity index (χ2v) is 7.44. The average Bonchev–Trinajstić information content (AvgIpc) is 2.62. The molecule has 26 heavy (non-hydrogen) atoms. The van der Waals surface area contributed by atoms with E-state index in [2.05, 4.69) is 10.0 Å². The highest BCUT2D eigenvalue weighted by Crippen LogP contribution is 2.28. The predicted molar refractivity (Wildman–Crippen MR) is 99.3 cm³/mol. The molecule has 140 valence electrons. The molecule has 0 unspecified atom stereocenters. The third-order valence-electron chi connectivity index (χ3n) is 3.74. The van der Waals surface area contributed by atoms with Crippen molar-refractivity contribution in [3.63, 3.8) is 0 Å². The molecule has 0 heterocycles. The zero-order valence-electron chi connectivity index (χ0n) is 15.1. The molecule has 1 amide bonds. The van der Waals surface area contributed by atoms with Gasteiger partial charge in [0.15, 0.2) is 0 Å². The highest BCUT2D eigenvalue weighted by Gasteiger charge is 2.18. The number of sulfonamides is 1. The third-order valence-corrected chi connectivity index (χ3v) is 5.28. The van der Waals surface area contributed by atoms with Crippen molar-refractivity contribution < 1.29 is 22.7 Å². The summed E-state index contributed by atoms with van der Waals surface area (Å²) in [4.78, 5) is 12.3. The molecular weight excluding hydrogens is 356 g/mol. The number of benzene rings is 2. The van der Waals surface area contributed by atoms with Crippen LogP contribution >= 0.6 is 0 Å². The van der Waals surface area contributed by atoms with Crippen LogP contribution in [0.3, 0.4) is 0 Å². The third kappa shape index (κ3) is 4.74.